The molecule has 0 amide bonds. The van der Waals surface area contributed by atoms with Gasteiger partial charge in [0.2, 0.25) is 0 Å². The molecule has 0 fully saturated rings. The molecule has 0 unspecified atom stereocenters. The summed E-state index contributed by atoms with van der Waals surface area (Å²) in [5.41, 5.74) is 4.56. The van der Waals surface area contributed by atoms with Gasteiger partial charge in [0.05, 0.1) is 5.69 Å². The van der Waals surface area contributed by atoms with Gasteiger partial charge in [-0.05, 0) is 43.2 Å². The highest BCUT2D eigenvalue weighted by Gasteiger charge is 2.18. The molecule has 1 aromatic heterocycles. The van der Waals surface area contributed by atoms with Crippen molar-refractivity contribution < 1.29 is 8.78 Å². The fourth-order valence-corrected chi connectivity index (χ4v) is 4.08. The number of thioether (sulfide) groups is 1. The van der Waals surface area contributed by atoms with Crippen LogP contribution in [-0.2, 0) is 5.75 Å². The quantitative estimate of drug-likeness (QED) is 0.373. The molecule has 0 bridgehead atoms. The number of aryl methyl sites for hydroxylation is 2. The average molecular weight is 407 g/mol. The van der Waals surface area contributed by atoms with Crippen LogP contribution in [0, 0.1) is 25.5 Å². The minimum atomic E-state index is -0.582. The van der Waals surface area contributed by atoms with Gasteiger partial charge in [-0.25, -0.2) is 8.78 Å². The molecule has 0 saturated carbocycles. The molecule has 3 nitrogen and oxygen atoms in total. The van der Waals surface area contributed by atoms with Crippen molar-refractivity contribution in [1.29, 1.82) is 0 Å². The number of rotatable bonds is 5. The topological polar surface area (TPSA) is 30.7 Å². The smallest absolute Gasteiger partial charge is 0.196 e. The van der Waals surface area contributed by atoms with E-state index >= 15 is 0 Å². The average Bonchev–Trinajstić information content (AvgIpc) is 3.11. The van der Waals surface area contributed by atoms with Crippen LogP contribution in [-0.4, -0.2) is 14.8 Å². The van der Waals surface area contributed by atoms with Gasteiger partial charge in [0.25, 0.3) is 0 Å². The number of hydrogen-bond acceptors (Lipinski definition) is 3. The van der Waals surface area contributed by atoms with E-state index in [1.807, 2.05) is 60.9 Å². The molecule has 146 valence electrons. The van der Waals surface area contributed by atoms with Crippen molar-refractivity contribution in [2.75, 3.05) is 0 Å². The molecular weight excluding hydrogens is 388 g/mol. The molecule has 1 heterocycles. The Kier molecular flexibility index (Phi) is 5.45. The predicted molar refractivity (Wildman–Crippen MR) is 112 cm³/mol. The lowest BCUT2D eigenvalue weighted by molar-refractivity contribution is 0.576. The highest BCUT2D eigenvalue weighted by atomic mass is 32.2. The highest BCUT2D eigenvalue weighted by Crippen LogP contribution is 2.31. The minimum Gasteiger partial charge on any atom is -0.270 e. The van der Waals surface area contributed by atoms with Crippen LogP contribution in [0.15, 0.2) is 71.9 Å². The first kappa shape index (κ1) is 19.3. The van der Waals surface area contributed by atoms with E-state index in [-0.39, 0.29) is 0 Å². The third-order valence-corrected chi connectivity index (χ3v) is 5.62. The minimum absolute atomic E-state index is 0.323. The number of aromatic nitrogens is 3. The molecule has 4 aromatic rings. The van der Waals surface area contributed by atoms with Crippen molar-refractivity contribution in [3.8, 4) is 17.1 Å². The molecule has 6 heteroatoms. The second kappa shape index (κ2) is 8.17. The summed E-state index contributed by atoms with van der Waals surface area (Å²) in [5, 5.41) is 9.47. The first-order chi connectivity index (χ1) is 14.0. The van der Waals surface area contributed by atoms with E-state index in [9.17, 15) is 8.78 Å². The number of benzene rings is 3. The first-order valence-corrected chi connectivity index (χ1v) is 10.2. The molecular formula is C23H19F2N3S. The predicted octanol–water partition coefficient (Wildman–Crippen LogP) is 6.12. The van der Waals surface area contributed by atoms with Gasteiger partial charge in [0.15, 0.2) is 11.0 Å². The zero-order chi connectivity index (χ0) is 20.4. The molecule has 3 aromatic carbocycles. The number of para-hydroxylation sites is 1. The van der Waals surface area contributed by atoms with E-state index in [4.69, 9.17) is 0 Å². The summed E-state index contributed by atoms with van der Waals surface area (Å²) < 4.78 is 29.2. The largest absolute Gasteiger partial charge is 0.270 e. The Balaban J connectivity index is 1.77. The highest BCUT2D eigenvalue weighted by molar-refractivity contribution is 7.98. The monoisotopic (exact) mass is 407 g/mol. The van der Waals surface area contributed by atoms with Crippen LogP contribution in [0.2, 0.25) is 0 Å². The Bertz CT molecular complexity index is 1170. The summed E-state index contributed by atoms with van der Waals surface area (Å²) >= 11 is 1.37. The van der Waals surface area contributed by atoms with Crippen LogP contribution >= 0.6 is 11.8 Å². The van der Waals surface area contributed by atoms with E-state index in [0.29, 0.717) is 16.5 Å². The van der Waals surface area contributed by atoms with Crippen molar-refractivity contribution in [3.63, 3.8) is 0 Å². The molecule has 0 spiro atoms. The summed E-state index contributed by atoms with van der Waals surface area (Å²) in [7, 11) is 0. The molecule has 29 heavy (non-hydrogen) atoms. The fraction of sp³-hybridized carbons (Fsp3) is 0.130. The zero-order valence-electron chi connectivity index (χ0n) is 16.1. The Hall–Kier alpha value is -2.99. The maximum Gasteiger partial charge on any atom is 0.196 e. The molecule has 0 radical (unpaired) electrons. The summed E-state index contributed by atoms with van der Waals surface area (Å²) in [4.78, 5) is 0. The van der Waals surface area contributed by atoms with Crippen molar-refractivity contribution in [2.24, 2.45) is 0 Å². The van der Waals surface area contributed by atoms with Crippen molar-refractivity contribution >= 4 is 11.8 Å². The van der Waals surface area contributed by atoms with Gasteiger partial charge in [0, 0.05) is 17.4 Å². The van der Waals surface area contributed by atoms with E-state index in [1.54, 1.807) is 0 Å². The van der Waals surface area contributed by atoms with Crippen LogP contribution in [0.4, 0.5) is 8.78 Å². The van der Waals surface area contributed by atoms with Gasteiger partial charge in [0.1, 0.15) is 11.6 Å². The maximum absolute atomic E-state index is 14.1. The Morgan fingerprint density at radius 1 is 0.897 bits per heavy atom. The molecule has 0 aliphatic carbocycles. The maximum atomic E-state index is 14.1. The van der Waals surface area contributed by atoms with Gasteiger partial charge >= 0.3 is 0 Å². The molecule has 0 aliphatic heterocycles. The standard InChI is InChI=1S/C23H19F2N3S/c1-15-6-5-8-17(12-15)22-26-27-23(28(22)21-9-4-3-7-16(21)2)29-14-18-10-11-19(24)13-20(18)25/h3-13H,14H2,1-2H3. The Labute approximate surface area is 172 Å². The summed E-state index contributed by atoms with van der Waals surface area (Å²) in [5.74, 6) is -0.0891. The van der Waals surface area contributed by atoms with Crippen LogP contribution in [0.25, 0.3) is 17.1 Å². The molecule has 4 rings (SSSR count). The van der Waals surface area contributed by atoms with Crippen LogP contribution in [0.3, 0.4) is 0 Å². The fourth-order valence-electron chi connectivity index (χ4n) is 3.15. The first-order valence-electron chi connectivity index (χ1n) is 9.18. The Morgan fingerprint density at radius 3 is 2.48 bits per heavy atom. The van der Waals surface area contributed by atoms with Gasteiger partial charge in [-0.2, -0.15) is 0 Å². The van der Waals surface area contributed by atoms with Crippen LogP contribution < -0.4 is 0 Å². The number of hydrogen-bond donors (Lipinski definition) is 0. The van der Waals surface area contributed by atoms with Gasteiger partial charge in [-0.15, -0.1) is 10.2 Å². The second-order valence-corrected chi connectivity index (χ2v) is 7.76. The number of nitrogens with zero attached hydrogens (tertiary/aromatic N) is 3. The molecule has 0 saturated heterocycles. The van der Waals surface area contributed by atoms with E-state index in [1.165, 1.54) is 23.9 Å². The Morgan fingerprint density at radius 2 is 1.72 bits per heavy atom. The summed E-state index contributed by atoms with van der Waals surface area (Å²) in [6.45, 7) is 4.06. The van der Waals surface area contributed by atoms with E-state index in [2.05, 4.69) is 16.3 Å². The van der Waals surface area contributed by atoms with Crippen molar-refractivity contribution in [2.45, 2.75) is 24.8 Å². The lowest BCUT2D eigenvalue weighted by Gasteiger charge is -2.13. The third-order valence-electron chi connectivity index (χ3n) is 4.64. The lowest BCUT2D eigenvalue weighted by Crippen LogP contribution is -2.02. The second-order valence-electron chi connectivity index (χ2n) is 6.82. The van der Waals surface area contributed by atoms with Gasteiger partial charge < -0.3 is 0 Å². The van der Waals surface area contributed by atoms with E-state index in [0.717, 1.165) is 34.3 Å². The third kappa shape index (κ3) is 4.07. The van der Waals surface area contributed by atoms with Gasteiger partial charge in [-0.3, -0.25) is 4.57 Å². The summed E-state index contributed by atoms with van der Waals surface area (Å²) in [6.07, 6.45) is 0. The zero-order valence-corrected chi connectivity index (χ0v) is 16.9. The van der Waals surface area contributed by atoms with Crippen LogP contribution in [0.1, 0.15) is 16.7 Å². The van der Waals surface area contributed by atoms with Crippen molar-refractivity contribution in [3.05, 3.63) is 95.1 Å². The SMILES string of the molecule is Cc1cccc(-c2nnc(SCc3ccc(F)cc3F)n2-c2ccccc2C)c1. The normalized spacial score (nSPS) is 11.0. The van der Waals surface area contributed by atoms with Crippen molar-refractivity contribution in [1.82, 2.24) is 14.8 Å². The summed E-state index contributed by atoms with van der Waals surface area (Å²) in [6, 6.07) is 19.7. The number of halogens is 2. The van der Waals surface area contributed by atoms with Crippen LogP contribution in [0.5, 0.6) is 0 Å². The molecule has 0 aliphatic rings. The molecule has 0 atom stereocenters. The van der Waals surface area contributed by atoms with Gasteiger partial charge in [-0.1, -0.05) is 59.8 Å². The molecule has 0 N–H and O–H groups in total. The lowest BCUT2D eigenvalue weighted by atomic mass is 10.1. The van der Waals surface area contributed by atoms with E-state index < -0.39 is 11.6 Å².